The van der Waals surface area contributed by atoms with Gasteiger partial charge < -0.3 is 5.32 Å². The summed E-state index contributed by atoms with van der Waals surface area (Å²) in [6, 6.07) is 15.1. The summed E-state index contributed by atoms with van der Waals surface area (Å²) in [5, 5.41) is 3.27. The molecule has 0 aromatic heterocycles. The number of rotatable bonds is 4. The quantitative estimate of drug-likeness (QED) is 0.897. The maximum absolute atomic E-state index is 12.9. The van der Waals surface area contributed by atoms with Crippen LogP contribution >= 0.6 is 15.9 Å². The van der Waals surface area contributed by atoms with Crippen LogP contribution in [0.3, 0.4) is 0 Å². The van der Waals surface area contributed by atoms with Crippen molar-refractivity contribution < 1.29 is 4.39 Å². The minimum atomic E-state index is -0.197. The highest BCUT2D eigenvalue weighted by Gasteiger charge is 2.10. The number of benzene rings is 2. The average molecular weight is 308 g/mol. The van der Waals surface area contributed by atoms with Gasteiger partial charge in [-0.2, -0.15) is 0 Å². The molecule has 3 heteroatoms. The van der Waals surface area contributed by atoms with Crippen LogP contribution in [0.4, 0.5) is 4.39 Å². The molecule has 0 radical (unpaired) electrons. The molecule has 0 aliphatic rings. The summed E-state index contributed by atoms with van der Waals surface area (Å²) in [5.41, 5.74) is 2.35. The molecule has 0 heterocycles. The predicted molar refractivity (Wildman–Crippen MR) is 76.0 cm³/mol. The van der Waals surface area contributed by atoms with Gasteiger partial charge >= 0.3 is 0 Å². The van der Waals surface area contributed by atoms with E-state index in [0.717, 1.165) is 16.5 Å². The molecule has 0 aliphatic carbocycles. The molecule has 94 valence electrons. The third kappa shape index (κ3) is 3.40. The van der Waals surface area contributed by atoms with Gasteiger partial charge in [-0.25, -0.2) is 4.39 Å². The zero-order valence-corrected chi connectivity index (χ0v) is 11.7. The van der Waals surface area contributed by atoms with Crippen molar-refractivity contribution in [1.29, 1.82) is 0 Å². The van der Waals surface area contributed by atoms with Crippen LogP contribution in [0.5, 0.6) is 0 Å². The highest BCUT2D eigenvalue weighted by molar-refractivity contribution is 9.10. The highest BCUT2D eigenvalue weighted by Crippen LogP contribution is 2.20. The molecule has 0 saturated carbocycles. The van der Waals surface area contributed by atoms with Crippen LogP contribution in [0.1, 0.15) is 17.2 Å². The maximum Gasteiger partial charge on any atom is 0.123 e. The number of nitrogens with one attached hydrogen (secondary N) is 1. The molecule has 1 nitrogen and oxygen atoms in total. The summed E-state index contributed by atoms with van der Waals surface area (Å²) in [6.07, 6.45) is 0.884. The maximum atomic E-state index is 12.9. The van der Waals surface area contributed by atoms with Crippen molar-refractivity contribution in [2.45, 2.75) is 12.5 Å². The van der Waals surface area contributed by atoms with Crippen LogP contribution in [-0.2, 0) is 6.42 Å². The van der Waals surface area contributed by atoms with E-state index in [4.69, 9.17) is 0 Å². The van der Waals surface area contributed by atoms with Crippen molar-refractivity contribution in [2.24, 2.45) is 0 Å². The van der Waals surface area contributed by atoms with Crippen molar-refractivity contribution in [3.63, 3.8) is 0 Å². The van der Waals surface area contributed by atoms with Crippen molar-refractivity contribution in [3.8, 4) is 0 Å². The first-order valence-corrected chi connectivity index (χ1v) is 6.65. The van der Waals surface area contributed by atoms with E-state index in [-0.39, 0.29) is 11.9 Å². The molecule has 1 N–H and O–H groups in total. The predicted octanol–water partition coefficient (Wildman–Crippen LogP) is 4.09. The summed E-state index contributed by atoms with van der Waals surface area (Å²) < 4.78 is 14.0. The SMILES string of the molecule is CNC(Cc1ccc(Br)cc1)c1ccc(F)cc1. The largest absolute Gasteiger partial charge is 0.313 e. The van der Waals surface area contributed by atoms with Crippen LogP contribution in [0.15, 0.2) is 53.0 Å². The Morgan fingerprint density at radius 3 is 2.22 bits per heavy atom. The van der Waals surface area contributed by atoms with Crippen molar-refractivity contribution in [2.75, 3.05) is 7.05 Å². The lowest BCUT2D eigenvalue weighted by Gasteiger charge is -2.16. The van der Waals surface area contributed by atoms with Crippen LogP contribution in [0.2, 0.25) is 0 Å². The van der Waals surface area contributed by atoms with E-state index >= 15 is 0 Å². The molecular weight excluding hydrogens is 293 g/mol. The molecule has 0 spiro atoms. The van der Waals surface area contributed by atoms with Gasteiger partial charge in [-0.05, 0) is 48.9 Å². The van der Waals surface area contributed by atoms with Gasteiger partial charge in [0.1, 0.15) is 5.82 Å². The highest BCUT2D eigenvalue weighted by atomic mass is 79.9. The van der Waals surface area contributed by atoms with Gasteiger partial charge in [-0.1, -0.05) is 40.2 Å². The summed E-state index contributed by atoms with van der Waals surface area (Å²) in [6.45, 7) is 0. The van der Waals surface area contributed by atoms with Gasteiger partial charge in [0.25, 0.3) is 0 Å². The fraction of sp³-hybridized carbons (Fsp3) is 0.200. The molecule has 18 heavy (non-hydrogen) atoms. The summed E-state index contributed by atoms with van der Waals surface area (Å²) >= 11 is 3.42. The Morgan fingerprint density at radius 1 is 1.06 bits per heavy atom. The Kier molecular flexibility index (Phi) is 4.50. The molecule has 2 aromatic rings. The zero-order chi connectivity index (χ0) is 13.0. The van der Waals surface area contributed by atoms with E-state index in [1.165, 1.54) is 17.7 Å². The zero-order valence-electron chi connectivity index (χ0n) is 10.2. The minimum absolute atomic E-state index is 0.197. The second-order valence-electron chi connectivity index (χ2n) is 4.22. The Bertz CT molecular complexity index is 493. The van der Waals surface area contributed by atoms with Gasteiger partial charge in [-0.3, -0.25) is 0 Å². The number of likely N-dealkylation sites (N-methyl/N-ethyl adjacent to an activating group) is 1. The van der Waals surface area contributed by atoms with Gasteiger partial charge in [-0.15, -0.1) is 0 Å². The number of halogens is 2. The molecule has 0 fully saturated rings. The Balaban J connectivity index is 2.14. The van der Waals surface area contributed by atoms with Crippen molar-refractivity contribution >= 4 is 15.9 Å². The molecule has 2 rings (SSSR count). The summed E-state index contributed by atoms with van der Waals surface area (Å²) in [4.78, 5) is 0. The lowest BCUT2D eigenvalue weighted by Crippen LogP contribution is -2.18. The van der Waals surface area contributed by atoms with E-state index in [2.05, 4.69) is 33.4 Å². The van der Waals surface area contributed by atoms with E-state index < -0.39 is 0 Å². The van der Waals surface area contributed by atoms with Crippen LogP contribution < -0.4 is 5.32 Å². The Labute approximate surface area is 115 Å². The summed E-state index contributed by atoms with van der Waals surface area (Å²) in [7, 11) is 1.92. The molecule has 1 atom stereocenters. The van der Waals surface area contributed by atoms with E-state index in [0.29, 0.717) is 0 Å². The third-order valence-electron chi connectivity index (χ3n) is 2.97. The molecule has 0 aliphatic heterocycles. The average Bonchev–Trinajstić information content (AvgIpc) is 2.39. The molecular formula is C15H15BrFN. The molecule has 0 bridgehead atoms. The smallest absolute Gasteiger partial charge is 0.123 e. The van der Waals surface area contributed by atoms with Gasteiger partial charge in [0.15, 0.2) is 0 Å². The van der Waals surface area contributed by atoms with E-state index in [9.17, 15) is 4.39 Å². The molecule has 0 saturated heterocycles. The second kappa shape index (κ2) is 6.12. The number of hydrogen-bond donors (Lipinski definition) is 1. The molecule has 1 unspecified atom stereocenters. The fourth-order valence-electron chi connectivity index (χ4n) is 1.94. The fourth-order valence-corrected chi connectivity index (χ4v) is 2.20. The lowest BCUT2D eigenvalue weighted by molar-refractivity contribution is 0.586. The monoisotopic (exact) mass is 307 g/mol. The van der Waals surface area contributed by atoms with E-state index in [1.807, 2.05) is 31.3 Å². The first kappa shape index (κ1) is 13.2. The third-order valence-corrected chi connectivity index (χ3v) is 3.50. The van der Waals surface area contributed by atoms with Gasteiger partial charge in [0.05, 0.1) is 0 Å². The molecule has 0 amide bonds. The Hall–Kier alpha value is -1.19. The van der Waals surface area contributed by atoms with Crippen LogP contribution in [0.25, 0.3) is 0 Å². The van der Waals surface area contributed by atoms with Crippen LogP contribution in [-0.4, -0.2) is 7.05 Å². The topological polar surface area (TPSA) is 12.0 Å². The van der Waals surface area contributed by atoms with Crippen molar-refractivity contribution in [3.05, 3.63) is 69.9 Å². The van der Waals surface area contributed by atoms with Gasteiger partial charge in [0, 0.05) is 10.5 Å². The minimum Gasteiger partial charge on any atom is -0.313 e. The first-order valence-electron chi connectivity index (χ1n) is 5.86. The van der Waals surface area contributed by atoms with Gasteiger partial charge in [0.2, 0.25) is 0 Å². The normalized spacial score (nSPS) is 12.4. The number of hydrogen-bond acceptors (Lipinski definition) is 1. The van der Waals surface area contributed by atoms with Crippen LogP contribution in [0, 0.1) is 5.82 Å². The lowest BCUT2D eigenvalue weighted by atomic mass is 9.99. The standard InChI is InChI=1S/C15H15BrFN/c1-18-15(12-4-8-14(17)9-5-12)10-11-2-6-13(16)7-3-11/h2-9,15,18H,10H2,1H3. The van der Waals surface area contributed by atoms with E-state index in [1.54, 1.807) is 0 Å². The Morgan fingerprint density at radius 2 is 1.67 bits per heavy atom. The van der Waals surface area contributed by atoms with Crippen molar-refractivity contribution in [1.82, 2.24) is 5.32 Å². The first-order chi connectivity index (χ1) is 8.69. The second-order valence-corrected chi connectivity index (χ2v) is 5.14. The summed E-state index contributed by atoms with van der Waals surface area (Å²) in [5.74, 6) is -0.197. The molecule has 2 aromatic carbocycles.